The molecule has 1 aliphatic heterocycles. The van der Waals surface area contributed by atoms with Crippen molar-refractivity contribution in [2.24, 2.45) is 0 Å². The van der Waals surface area contributed by atoms with E-state index in [1.807, 2.05) is 62.5 Å². The summed E-state index contributed by atoms with van der Waals surface area (Å²) in [5, 5.41) is 4.39. The first-order valence-corrected chi connectivity index (χ1v) is 12.0. The number of fused-ring (bicyclic) bond motifs is 1. The minimum Gasteiger partial charge on any atom is -0.353 e. The van der Waals surface area contributed by atoms with Crippen LogP contribution in [0.2, 0.25) is 0 Å². The van der Waals surface area contributed by atoms with Crippen molar-refractivity contribution < 1.29 is 8.42 Å². The van der Waals surface area contributed by atoms with E-state index in [4.69, 9.17) is 0 Å². The SMILES string of the molecule is Cc1ccc(C)c(S(=O)(=O)N2CCN(c3c(-c4ccccc4)cnc4ncnn34)CC2)c1. The highest BCUT2D eigenvalue weighted by atomic mass is 32.2. The van der Waals surface area contributed by atoms with Crippen molar-refractivity contribution in [3.63, 3.8) is 0 Å². The van der Waals surface area contributed by atoms with Gasteiger partial charge in [0.15, 0.2) is 0 Å². The maximum atomic E-state index is 13.3. The number of rotatable bonds is 4. The predicted molar refractivity (Wildman–Crippen MR) is 123 cm³/mol. The number of hydrogen-bond donors (Lipinski definition) is 0. The molecule has 2 aromatic carbocycles. The van der Waals surface area contributed by atoms with Crippen LogP contribution < -0.4 is 4.90 Å². The maximum Gasteiger partial charge on any atom is 0.254 e. The van der Waals surface area contributed by atoms with Crippen molar-refractivity contribution in [2.75, 3.05) is 31.1 Å². The van der Waals surface area contributed by atoms with Gasteiger partial charge in [-0.25, -0.2) is 13.4 Å². The summed E-state index contributed by atoms with van der Waals surface area (Å²) >= 11 is 0. The summed E-state index contributed by atoms with van der Waals surface area (Å²) < 4.78 is 30.0. The third-order valence-electron chi connectivity index (χ3n) is 5.86. The topological polar surface area (TPSA) is 83.7 Å². The molecule has 0 aliphatic carbocycles. The van der Waals surface area contributed by atoms with E-state index in [9.17, 15) is 8.42 Å². The second-order valence-electron chi connectivity index (χ2n) is 7.99. The number of aryl methyl sites for hydroxylation is 2. The molecule has 9 heteroatoms. The number of anilines is 1. The van der Waals surface area contributed by atoms with Crippen LogP contribution in [0.1, 0.15) is 11.1 Å². The molecule has 3 heterocycles. The number of aromatic nitrogens is 4. The molecule has 0 bridgehead atoms. The van der Waals surface area contributed by atoms with Gasteiger partial charge in [0, 0.05) is 37.9 Å². The smallest absolute Gasteiger partial charge is 0.254 e. The number of piperazine rings is 1. The summed E-state index contributed by atoms with van der Waals surface area (Å²) in [6, 6.07) is 15.6. The maximum absolute atomic E-state index is 13.3. The third kappa shape index (κ3) is 3.53. The second kappa shape index (κ2) is 7.99. The molecule has 0 saturated carbocycles. The average molecular weight is 449 g/mol. The number of nitrogens with zero attached hydrogens (tertiary/aromatic N) is 6. The van der Waals surface area contributed by atoms with Gasteiger partial charge in [-0.2, -0.15) is 18.9 Å². The molecule has 0 amide bonds. The van der Waals surface area contributed by atoms with E-state index in [1.165, 1.54) is 6.33 Å². The minimum atomic E-state index is -3.56. The Labute approximate surface area is 187 Å². The van der Waals surface area contributed by atoms with E-state index >= 15 is 0 Å². The van der Waals surface area contributed by atoms with Gasteiger partial charge in [-0.1, -0.05) is 42.5 Å². The van der Waals surface area contributed by atoms with Crippen LogP contribution in [-0.4, -0.2) is 58.5 Å². The Kier molecular flexibility index (Phi) is 5.15. The van der Waals surface area contributed by atoms with Gasteiger partial charge >= 0.3 is 0 Å². The molecule has 0 spiro atoms. The number of hydrogen-bond acceptors (Lipinski definition) is 6. The molecular weight excluding hydrogens is 424 g/mol. The van der Waals surface area contributed by atoms with Gasteiger partial charge < -0.3 is 4.90 Å². The zero-order valence-electron chi connectivity index (χ0n) is 18.0. The van der Waals surface area contributed by atoms with Crippen LogP contribution in [-0.2, 0) is 10.0 Å². The van der Waals surface area contributed by atoms with E-state index in [0.717, 1.165) is 28.1 Å². The summed E-state index contributed by atoms with van der Waals surface area (Å²) in [5.41, 5.74) is 3.67. The first-order valence-electron chi connectivity index (χ1n) is 10.5. The molecule has 4 aromatic rings. The fourth-order valence-electron chi connectivity index (χ4n) is 4.16. The molecule has 0 N–H and O–H groups in total. The van der Waals surface area contributed by atoms with Gasteiger partial charge in [-0.15, -0.1) is 0 Å². The predicted octanol–water partition coefficient (Wildman–Crippen LogP) is 2.92. The van der Waals surface area contributed by atoms with Crippen molar-refractivity contribution in [2.45, 2.75) is 18.7 Å². The fourth-order valence-corrected chi connectivity index (χ4v) is 5.89. The first kappa shape index (κ1) is 20.6. The molecule has 0 atom stereocenters. The summed E-state index contributed by atoms with van der Waals surface area (Å²) in [4.78, 5) is 11.2. The third-order valence-corrected chi connectivity index (χ3v) is 7.91. The van der Waals surface area contributed by atoms with E-state index in [2.05, 4.69) is 20.0 Å². The van der Waals surface area contributed by atoms with Crippen LogP contribution >= 0.6 is 0 Å². The molecule has 1 aliphatic rings. The summed E-state index contributed by atoms with van der Waals surface area (Å²) in [7, 11) is -3.56. The quantitative estimate of drug-likeness (QED) is 0.477. The lowest BCUT2D eigenvalue weighted by atomic mass is 10.1. The Bertz CT molecular complexity index is 1380. The van der Waals surface area contributed by atoms with E-state index in [-0.39, 0.29) is 0 Å². The van der Waals surface area contributed by atoms with Gasteiger partial charge in [-0.05, 0) is 36.6 Å². The monoisotopic (exact) mass is 448 g/mol. The number of benzene rings is 2. The normalized spacial score (nSPS) is 15.4. The molecule has 5 rings (SSSR count). The highest BCUT2D eigenvalue weighted by Crippen LogP contribution is 2.31. The van der Waals surface area contributed by atoms with Gasteiger partial charge in [0.1, 0.15) is 12.1 Å². The van der Waals surface area contributed by atoms with Crippen LogP contribution in [0.4, 0.5) is 5.82 Å². The minimum absolute atomic E-state index is 0.388. The van der Waals surface area contributed by atoms with Crippen molar-refractivity contribution in [3.05, 3.63) is 72.2 Å². The van der Waals surface area contributed by atoms with Crippen molar-refractivity contribution in [1.29, 1.82) is 0 Å². The molecule has 0 radical (unpaired) electrons. The number of sulfonamides is 1. The largest absolute Gasteiger partial charge is 0.353 e. The molecule has 1 saturated heterocycles. The molecule has 1 fully saturated rings. The van der Waals surface area contributed by atoms with Gasteiger partial charge in [0.05, 0.1) is 4.90 Å². The lowest BCUT2D eigenvalue weighted by Gasteiger charge is -2.36. The van der Waals surface area contributed by atoms with Gasteiger partial charge in [0.25, 0.3) is 5.78 Å². The van der Waals surface area contributed by atoms with Crippen LogP contribution in [0.5, 0.6) is 0 Å². The van der Waals surface area contributed by atoms with E-state index < -0.39 is 10.0 Å². The fraction of sp³-hybridized carbons (Fsp3) is 0.261. The Morgan fingerprint density at radius 3 is 2.41 bits per heavy atom. The molecule has 164 valence electrons. The van der Waals surface area contributed by atoms with Crippen molar-refractivity contribution >= 4 is 21.6 Å². The van der Waals surface area contributed by atoms with Crippen molar-refractivity contribution in [3.8, 4) is 11.1 Å². The Balaban J connectivity index is 1.47. The average Bonchev–Trinajstić information content (AvgIpc) is 3.29. The summed E-state index contributed by atoms with van der Waals surface area (Å²) in [5.74, 6) is 1.40. The van der Waals surface area contributed by atoms with Crippen LogP contribution in [0.25, 0.3) is 16.9 Å². The zero-order chi connectivity index (χ0) is 22.3. The molecule has 8 nitrogen and oxygen atoms in total. The Hall–Kier alpha value is -3.30. The van der Waals surface area contributed by atoms with Crippen molar-refractivity contribution in [1.82, 2.24) is 23.9 Å². The van der Waals surface area contributed by atoms with Crippen LogP contribution in [0.3, 0.4) is 0 Å². The second-order valence-corrected chi connectivity index (χ2v) is 9.90. The van der Waals surface area contributed by atoms with E-state index in [0.29, 0.717) is 36.9 Å². The van der Waals surface area contributed by atoms with E-state index in [1.54, 1.807) is 14.9 Å². The van der Waals surface area contributed by atoms with Crippen LogP contribution in [0.15, 0.2) is 66.0 Å². The van der Waals surface area contributed by atoms with Crippen LogP contribution in [0, 0.1) is 13.8 Å². The zero-order valence-corrected chi connectivity index (χ0v) is 18.8. The molecule has 2 aromatic heterocycles. The Morgan fingerprint density at radius 2 is 1.66 bits per heavy atom. The van der Waals surface area contributed by atoms with Gasteiger partial charge in [0.2, 0.25) is 10.0 Å². The van der Waals surface area contributed by atoms with Gasteiger partial charge in [-0.3, -0.25) is 0 Å². The molecule has 0 unspecified atom stereocenters. The standard InChI is InChI=1S/C23H24N6O2S/c1-17-8-9-18(2)21(14-17)32(30,31)28-12-10-27(11-13-28)22-20(19-6-4-3-5-7-19)15-24-23-25-16-26-29(22)23/h3-9,14-16H,10-13H2,1-2H3. The lowest BCUT2D eigenvalue weighted by molar-refractivity contribution is 0.383. The lowest BCUT2D eigenvalue weighted by Crippen LogP contribution is -2.49. The summed E-state index contributed by atoms with van der Waals surface area (Å²) in [6.07, 6.45) is 3.30. The Morgan fingerprint density at radius 1 is 0.906 bits per heavy atom. The first-order chi connectivity index (χ1) is 15.4. The molecular formula is C23H24N6O2S. The summed E-state index contributed by atoms with van der Waals surface area (Å²) in [6.45, 7) is 5.62. The molecule has 32 heavy (non-hydrogen) atoms. The highest BCUT2D eigenvalue weighted by molar-refractivity contribution is 7.89. The highest BCUT2D eigenvalue weighted by Gasteiger charge is 2.31.